The van der Waals surface area contributed by atoms with E-state index in [1.807, 2.05) is 24.3 Å². The maximum atomic E-state index is 12.2. The van der Waals surface area contributed by atoms with Gasteiger partial charge in [0.25, 0.3) is 0 Å². The molecule has 0 heterocycles. The minimum atomic E-state index is -0.123. The zero-order valence-corrected chi connectivity index (χ0v) is 14.3. The maximum Gasteiger partial charge on any atom is 0.314 e. The number of ether oxygens (including phenoxy) is 1. The predicted molar refractivity (Wildman–Crippen MR) is 94.1 cm³/mol. The summed E-state index contributed by atoms with van der Waals surface area (Å²) in [5, 5.41) is 10.0. The topological polar surface area (TPSA) is 88.2 Å². The van der Waals surface area contributed by atoms with Gasteiger partial charge < -0.3 is 15.8 Å². The number of guanidine groups is 1. The van der Waals surface area contributed by atoms with Gasteiger partial charge in [0.05, 0.1) is 5.92 Å². The van der Waals surface area contributed by atoms with Crippen LogP contribution in [0.3, 0.4) is 0 Å². The summed E-state index contributed by atoms with van der Waals surface area (Å²) >= 11 is 0. The molecule has 1 aromatic carbocycles. The lowest BCUT2D eigenvalue weighted by atomic mass is 9.82. The number of carbonyl (C=O) groups is 1. The third-order valence-electron chi connectivity index (χ3n) is 4.31. The van der Waals surface area contributed by atoms with Crippen molar-refractivity contribution in [1.29, 1.82) is 5.41 Å². The van der Waals surface area contributed by atoms with Crippen molar-refractivity contribution in [1.82, 2.24) is 5.32 Å². The van der Waals surface area contributed by atoms with E-state index in [2.05, 4.69) is 12.2 Å². The van der Waals surface area contributed by atoms with Crippen LogP contribution < -0.4 is 15.8 Å². The van der Waals surface area contributed by atoms with E-state index < -0.39 is 0 Å². The van der Waals surface area contributed by atoms with Gasteiger partial charge in [-0.15, -0.1) is 12.4 Å². The molecule has 1 aliphatic carbocycles. The minimum Gasteiger partial charge on any atom is -0.426 e. The van der Waals surface area contributed by atoms with Crippen molar-refractivity contribution in [3.8, 4) is 5.75 Å². The summed E-state index contributed by atoms with van der Waals surface area (Å²) in [6.07, 6.45) is 4.60. The van der Waals surface area contributed by atoms with E-state index in [9.17, 15) is 4.79 Å². The van der Waals surface area contributed by atoms with Crippen molar-refractivity contribution in [2.24, 2.45) is 17.6 Å². The molecule has 0 amide bonds. The second-order valence-corrected chi connectivity index (χ2v) is 5.93. The van der Waals surface area contributed by atoms with E-state index in [0.29, 0.717) is 11.7 Å². The lowest BCUT2D eigenvalue weighted by Gasteiger charge is -2.27. The lowest BCUT2D eigenvalue weighted by molar-refractivity contribution is -0.140. The maximum absolute atomic E-state index is 12.2. The molecule has 1 aliphatic rings. The van der Waals surface area contributed by atoms with Crippen LogP contribution in [0.4, 0.5) is 0 Å². The largest absolute Gasteiger partial charge is 0.426 e. The van der Waals surface area contributed by atoms with Crippen LogP contribution in [0.2, 0.25) is 0 Å². The van der Waals surface area contributed by atoms with Gasteiger partial charge in [-0.05, 0) is 55.7 Å². The van der Waals surface area contributed by atoms with Crippen molar-refractivity contribution in [2.45, 2.75) is 39.0 Å². The van der Waals surface area contributed by atoms with Crippen LogP contribution in [0, 0.1) is 17.2 Å². The quantitative estimate of drug-likeness (QED) is 0.333. The molecule has 4 N–H and O–H groups in total. The fourth-order valence-corrected chi connectivity index (χ4v) is 2.85. The average Bonchev–Trinajstić information content (AvgIpc) is 2.54. The number of hydrogen-bond donors (Lipinski definition) is 3. The van der Waals surface area contributed by atoms with Gasteiger partial charge in [0, 0.05) is 6.54 Å². The molecule has 5 nitrogen and oxygen atoms in total. The summed E-state index contributed by atoms with van der Waals surface area (Å²) in [5.74, 6) is 0.984. The molecular formula is C17H26ClN3O2. The van der Waals surface area contributed by atoms with Crippen LogP contribution >= 0.6 is 12.4 Å². The lowest BCUT2D eigenvalue weighted by Crippen LogP contribution is -2.36. The molecule has 1 aromatic rings. The molecule has 0 aliphatic heterocycles. The molecule has 0 atom stereocenters. The molecule has 6 heteroatoms. The number of benzene rings is 1. The number of hydrogen-bond acceptors (Lipinski definition) is 3. The van der Waals surface area contributed by atoms with Gasteiger partial charge in [-0.3, -0.25) is 10.2 Å². The van der Waals surface area contributed by atoms with Gasteiger partial charge in [-0.1, -0.05) is 19.1 Å². The van der Waals surface area contributed by atoms with E-state index in [4.69, 9.17) is 15.9 Å². The third-order valence-corrected chi connectivity index (χ3v) is 4.31. The van der Waals surface area contributed by atoms with Gasteiger partial charge in [-0.2, -0.15) is 0 Å². The van der Waals surface area contributed by atoms with Crippen molar-refractivity contribution < 1.29 is 9.53 Å². The molecule has 23 heavy (non-hydrogen) atoms. The first-order valence-electron chi connectivity index (χ1n) is 7.97. The molecule has 2 rings (SSSR count). The first kappa shape index (κ1) is 19.3. The Morgan fingerprint density at radius 1 is 1.26 bits per heavy atom. The highest BCUT2D eigenvalue weighted by molar-refractivity contribution is 5.85. The Bertz CT molecular complexity index is 511. The van der Waals surface area contributed by atoms with Crippen LogP contribution in [0.5, 0.6) is 5.75 Å². The average molecular weight is 340 g/mol. The number of esters is 1. The molecule has 1 fully saturated rings. The van der Waals surface area contributed by atoms with Crippen LogP contribution in [0.1, 0.15) is 38.2 Å². The van der Waals surface area contributed by atoms with Crippen LogP contribution in [-0.2, 0) is 11.2 Å². The fraction of sp³-hybridized carbons (Fsp3) is 0.529. The highest BCUT2D eigenvalue weighted by Gasteiger charge is 2.27. The first-order chi connectivity index (χ1) is 10.6. The number of rotatable bonds is 5. The summed E-state index contributed by atoms with van der Waals surface area (Å²) < 4.78 is 5.48. The Morgan fingerprint density at radius 3 is 2.39 bits per heavy atom. The zero-order valence-electron chi connectivity index (χ0n) is 13.5. The van der Waals surface area contributed by atoms with Crippen molar-refractivity contribution in [2.75, 3.05) is 6.54 Å². The number of carbonyl (C=O) groups excluding carboxylic acids is 1. The van der Waals surface area contributed by atoms with E-state index in [1.165, 1.54) is 5.56 Å². The predicted octanol–water partition coefficient (Wildman–Crippen LogP) is 2.87. The van der Waals surface area contributed by atoms with E-state index in [0.717, 1.165) is 38.6 Å². The highest BCUT2D eigenvalue weighted by atomic mass is 35.5. The monoisotopic (exact) mass is 339 g/mol. The van der Waals surface area contributed by atoms with Gasteiger partial charge in [0.15, 0.2) is 5.96 Å². The molecule has 0 spiro atoms. The Kier molecular flexibility index (Phi) is 7.89. The Morgan fingerprint density at radius 2 is 1.87 bits per heavy atom. The van der Waals surface area contributed by atoms with Crippen molar-refractivity contribution in [3.63, 3.8) is 0 Å². The van der Waals surface area contributed by atoms with Gasteiger partial charge in [0.2, 0.25) is 0 Å². The number of aryl methyl sites for hydroxylation is 1. The molecule has 0 saturated heterocycles. The number of halogens is 1. The molecule has 0 aromatic heterocycles. The van der Waals surface area contributed by atoms with Crippen LogP contribution in [0.15, 0.2) is 24.3 Å². The first-order valence-corrected chi connectivity index (χ1v) is 7.97. The summed E-state index contributed by atoms with van der Waals surface area (Å²) in [5.41, 5.74) is 6.52. The van der Waals surface area contributed by atoms with Gasteiger partial charge >= 0.3 is 5.97 Å². The van der Waals surface area contributed by atoms with Gasteiger partial charge in [-0.25, -0.2) is 0 Å². The molecule has 1 saturated carbocycles. The summed E-state index contributed by atoms with van der Waals surface area (Å²) in [6.45, 7) is 2.82. The van der Waals surface area contributed by atoms with Crippen LogP contribution in [0.25, 0.3) is 0 Å². The zero-order chi connectivity index (χ0) is 15.9. The van der Waals surface area contributed by atoms with Gasteiger partial charge in [0.1, 0.15) is 5.75 Å². The second-order valence-electron chi connectivity index (χ2n) is 5.93. The minimum absolute atomic E-state index is 0. The SMILES string of the molecule is CCc1ccc(OC(=O)[C@H]2CC[C@H](CNC(=N)N)CC2)cc1.Cl. The molecule has 0 bridgehead atoms. The summed E-state index contributed by atoms with van der Waals surface area (Å²) in [6, 6.07) is 7.71. The second kappa shape index (κ2) is 9.40. The van der Waals surface area contributed by atoms with Crippen molar-refractivity contribution >= 4 is 24.3 Å². The Hall–Kier alpha value is -1.75. The third kappa shape index (κ3) is 6.10. The van der Waals surface area contributed by atoms with Crippen LogP contribution in [-0.4, -0.2) is 18.5 Å². The molecular weight excluding hydrogens is 314 g/mol. The fourth-order valence-electron chi connectivity index (χ4n) is 2.85. The standard InChI is InChI=1S/C17H25N3O2.ClH/c1-2-12-5-9-15(10-6-12)22-16(21)14-7-3-13(4-8-14)11-20-17(18)19;/h5-6,9-10,13-14H,2-4,7-8,11H2,1H3,(H4,18,19,20);1H/t13-,14-;. The Labute approximate surface area is 143 Å². The molecule has 0 radical (unpaired) electrons. The highest BCUT2D eigenvalue weighted by Crippen LogP contribution is 2.29. The van der Waals surface area contributed by atoms with E-state index in [1.54, 1.807) is 0 Å². The van der Waals surface area contributed by atoms with E-state index >= 15 is 0 Å². The van der Waals surface area contributed by atoms with Crippen molar-refractivity contribution in [3.05, 3.63) is 29.8 Å². The smallest absolute Gasteiger partial charge is 0.314 e. The number of nitrogens with two attached hydrogens (primary N) is 1. The van der Waals surface area contributed by atoms with E-state index in [-0.39, 0.29) is 30.3 Å². The number of nitrogens with one attached hydrogen (secondary N) is 2. The Balaban J connectivity index is 0.00000264. The molecule has 0 unspecified atom stereocenters. The summed E-state index contributed by atoms with van der Waals surface area (Å²) in [7, 11) is 0. The molecule has 128 valence electrons. The normalized spacial score (nSPS) is 20.2. The summed E-state index contributed by atoms with van der Waals surface area (Å²) in [4.78, 5) is 12.2.